The van der Waals surface area contributed by atoms with Gasteiger partial charge in [-0.1, -0.05) is 54.6 Å². The lowest BCUT2D eigenvalue weighted by molar-refractivity contribution is -0.139. The molecular weight excluding hydrogens is 564 g/mol. The monoisotopic (exact) mass is 596 g/mol. The molecule has 1 aliphatic rings. The van der Waals surface area contributed by atoms with Crippen molar-refractivity contribution in [1.82, 2.24) is 9.88 Å². The van der Waals surface area contributed by atoms with Gasteiger partial charge in [0.05, 0.1) is 18.3 Å². The third-order valence-corrected chi connectivity index (χ3v) is 8.64. The van der Waals surface area contributed by atoms with Gasteiger partial charge in [0.25, 0.3) is 5.91 Å². The number of aryl methyl sites for hydroxylation is 1. The molecule has 0 radical (unpaired) electrons. The standard InChI is InChI=1S/C34H32N2O6S/c1-22-28(35-32(42-22)24-11-7-4-8-12-24)15-17-40-29-14-13-25(31-27(29)16-18-43-31)20-30(39-2)33(37)36-26(21-41-34(36)38)19-23-9-5-3-6-10-23/h3-14,16,18,26,30H,15,17,19-21H2,1-2H3/t26?,30-/m0/s1. The molecule has 3 heterocycles. The van der Waals surface area contributed by atoms with Crippen LogP contribution in [0.3, 0.4) is 0 Å². The zero-order valence-corrected chi connectivity index (χ0v) is 24.8. The summed E-state index contributed by atoms with van der Waals surface area (Å²) in [5.41, 5.74) is 3.78. The number of carbonyl (C=O) groups is 2. The van der Waals surface area contributed by atoms with E-state index in [9.17, 15) is 9.59 Å². The first kappa shape index (κ1) is 28.6. The molecule has 8 nitrogen and oxygen atoms in total. The van der Waals surface area contributed by atoms with Crippen LogP contribution in [0, 0.1) is 6.92 Å². The maximum atomic E-state index is 13.6. The second-order valence-corrected chi connectivity index (χ2v) is 11.3. The number of carbonyl (C=O) groups excluding carboxylic acids is 2. The minimum atomic E-state index is -0.838. The predicted molar refractivity (Wildman–Crippen MR) is 164 cm³/mol. The molecule has 5 aromatic rings. The van der Waals surface area contributed by atoms with Crippen molar-refractivity contribution in [3.63, 3.8) is 0 Å². The van der Waals surface area contributed by atoms with Gasteiger partial charge in [0.15, 0.2) is 0 Å². The molecule has 6 rings (SSSR count). The smallest absolute Gasteiger partial charge is 0.417 e. The van der Waals surface area contributed by atoms with Crippen LogP contribution in [0.2, 0.25) is 0 Å². The van der Waals surface area contributed by atoms with Crippen molar-refractivity contribution in [2.45, 2.75) is 38.3 Å². The summed E-state index contributed by atoms with van der Waals surface area (Å²) in [5, 5.41) is 2.97. The average Bonchev–Trinajstić information content (AvgIpc) is 3.76. The van der Waals surface area contributed by atoms with Gasteiger partial charge in [-0.3, -0.25) is 4.79 Å². The lowest BCUT2D eigenvalue weighted by atomic mass is 10.0. The summed E-state index contributed by atoms with van der Waals surface area (Å²) in [7, 11) is 1.49. The Labute approximate surface area is 253 Å². The Morgan fingerprint density at radius 2 is 1.84 bits per heavy atom. The number of thiophene rings is 1. The first-order chi connectivity index (χ1) is 21.0. The third-order valence-electron chi connectivity index (χ3n) is 7.65. The number of rotatable bonds is 11. The SMILES string of the molecule is CO[C@@H](Cc1ccc(OCCc2nc(-c3ccccc3)oc2C)c2ccsc12)C(=O)N1C(=O)OCC1Cc1ccccc1. The van der Waals surface area contributed by atoms with Gasteiger partial charge >= 0.3 is 6.09 Å². The van der Waals surface area contributed by atoms with E-state index in [1.807, 2.05) is 91.2 Å². The number of benzene rings is 3. The van der Waals surface area contributed by atoms with Crippen LogP contribution in [-0.2, 0) is 33.5 Å². The van der Waals surface area contributed by atoms with E-state index in [2.05, 4.69) is 4.98 Å². The molecule has 9 heteroatoms. The highest BCUT2D eigenvalue weighted by Crippen LogP contribution is 2.34. The van der Waals surface area contributed by atoms with Gasteiger partial charge in [0.1, 0.15) is 24.2 Å². The fraction of sp³-hybridized carbons (Fsp3) is 0.265. The van der Waals surface area contributed by atoms with Crippen molar-refractivity contribution in [2.75, 3.05) is 20.3 Å². The Balaban J connectivity index is 1.13. The fourth-order valence-electron chi connectivity index (χ4n) is 5.40. The van der Waals surface area contributed by atoms with Crippen LogP contribution in [0.1, 0.15) is 22.6 Å². The summed E-state index contributed by atoms with van der Waals surface area (Å²) < 4.78 is 24.0. The number of ether oxygens (including phenoxy) is 3. The Bertz CT molecular complexity index is 1720. The highest BCUT2D eigenvalue weighted by atomic mass is 32.1. The van der Waals surface area contributed by atoms with Crippen molar-refractivity contribution in [2.24, 2.45) is 0 Å². The maximum absolute atomic E-state index is 13.6. The largest absolute Gasteiger partial charge is 0.493 e. The Morgan fingerprint density at radius 1 is 1.07 bits per heavy atom. The van der Waals surface area contributed by atoms with Crippen LogP contribution >= 0.6 is 11.3 Å². The van der Waals surface area contributed by atoms with Crippen LogP contribution in [-0.4, -0.2) is 54.4 Å². The molecule has 3 aromatic carbocycles. The molecule has 0 aliphatic carbocycles. The van der Waals surface area contributed by atoms with E-state index < -0.39 is 18.1 Å². The number of fused-ring (bicyclic) bond motifs is 1. The van der Waals surface area contributed by atoms with Crippen LogP contribution in [0.15, 0.2) is 88.7 Å². The molecule has 0 bridgehead atoms. The molecule has 43 heavy (non-hydrogen) atoms. The molecule has 220 valence electrons. The predicted octanol–water partition coefficient (Wildman–Crippen LogP) is 6.63. The number of methoxy groups -OCH3 is 1. The van der Waals surface area contributed by atoms with Gasteiger partial charge in [-0.15, -0.1) is 11.3 Å². The molecule has 2 atom stereocenters. The Morgan fingerprint density at radius 3 is 2.60 bits per heavy atom. The van der Waals surface area contributed by atoms with Crippen molar-refractivity contribution in [3.05, 3.63) is 107 Å². The topological polar surface area (TPSA) is 91.1 Å². The second-order valence-electron chi connectivity index (χ2n) is 10.4. The normalized spacial score (nSPS) is 15.5. The van der Waals surface area contributed by atoms with E-state index in [0.29, 0.717) is 31.8 Å². The van der Waals surface area contributed by atoms with Gasteiger partial charge in [-0.05, 0) is 54.1 Å². The van der Waals surface area contributed by atoms with Crippen LogP contribution in [0.4, 0.5) is 4.79 Å². The number of nitrogens with zero attached hydrogens (tertiary/aromatic N) is 2. The number of imide groups is 1. The molecule has 1 aliphatic heterocycles. The van der Waals surface area contributed by atoms with Crippen molar-refractivity contribution in [1.29, 1.82) is 0 Å². The maximum Gasteiger partial charge on any atom is 0.417 e. The second kappa shape index (κ2) is 12.8. The quantitative estimate of drug-likeness (QED) is 0.169. The third kappa shape index (κ3) is 6.18. The van der Waals surface area contributed by atoms with E-state index in [0.717, 1.165) is 44.0 Å². The molecule has 2 amide bonds. The zero-order valence-electron chi connectivity index (χ0n) is 24.0. The van der Waals surface area contributed by atoms with Crippen molar-refractivity contribution >= 4 is 33.4 Å². The van der Waals surface area contributed by atoms with Crippen molar-refractivity contribution < 1.29 is 28.2 Å². The summed E-state index contributed by atoms with van der Waals surface area (Å²) in [5.74, 6) is 1.75. The molecule has 0 spiro atoms. The first-order valence-corrected chi connectivity index (χ1v) is 15.1. The molecule has 1 saturated heterocycles. The lowest BCUT2D eigenvalue weighted by Gasteiger charge is -2.24. The highest BCUT2D eigenvalue weighted by molar-refractivity contribution is 7.17. The van der Waals surface area contributed by atoms with Crippen LogP contribution < -0.4 is 4.74 Å². The summed E-state index contributed by atoms with van der Waals surface area (Å²) in [6, 6.07) is 25.1. The Hall–Kier alpha value is -4.47. The Kier molecular flexibility index (Phi) is 8.53. The molecule has 0 saturated carbocycles. The molecule has 2 aromatic heterocycles. The fourth-order valence-corrected chi connectivity index (χ4v) is 6.33. The van der Waals surface area contributed by atoms with Crippen LogP contribution in [0.25, 0.3) is 21.5 Å². The number of cyclic esters (lactones) is 1. The molecule has 1 unspecified atom stereocenters. The summed E-state index contributed by atoms with van der Waals surface area (Å²) in [4.78, 5) is 32.1. The number of hydrogen-bond acceptors (Lipinski definition) is 8. The summed E-state index contributed by atoms with van der Waals surface area (Å²) in [6.07, 6.45) is -0.0239. The summed E-state index contributed by atoms with van der Waals surface area (Å²) in [6.45, 7) is 2.52. The van der Waals surface area contributed by atoms with E-state index in [4.69, 9.17) is 18.6 Å². The number of hydrogen-bond donors (Lipinski definition) is 0. The zero-order chi connectivity index (χ0) is 29.8. The minimum Gasteiger partial charge on any atom is -0.493 e. The summed E-state index contributed by atoms with van der Waals surface area (Å²) >= 11 is 1.58. The van der Waals surface area contributed by atoms with Crippen molar-refractivity contribution in [3.8, 4) is 17.2 Å². The minimum absolute atomic E-state index is 0.165. The molecular formula is C34H32N2O6S. The van der Waals surface area contributed by atoms with E-state index in [1.165, 1.54) is 12.0 Å². The highest BCUT2D eigenvalue weighted by Gasteiger charge is 2.41. The number of aromatic nitrogens is 1. The van der Waals surface area contributed by atoms with Gasteiger partial charge in [0.2, 0.25) is 5.89 Å². The van der Waals surface area contributed by atoms with Crippen LogP contribution in [0.5, 0.6) is 5.75 Å². The van der Waals surface area contributed by atoms with Gasteiger partial charge in [0, 0.05) is 35.6 Å². The number of oxazole rings is 1. The van der Waals surface area contributed by atoms with Gasteiger partial charge < -0.3 is 18.6 Å². The van der Waals surface area contributed by atoms with E-state index in [1.54, 1.807) is 11.3 Å². The lowest BCUT2D eigenvalue weighted by Crippen LogP contribution is -2.46. The molecule has 0 N–H and O–H groups in total. The number of amides is 2. The molecule has 1 fully saturated rings. The average molecular weight is 597 g/mol. The van der Waals surface area contributed by atoms with Gasteiger partial charge in [-0.2, -0.15) is 0 Å². The van der Waals surface area contributed by atoms with Gasteiger partial charge in [-0.25, -0.2) is 14.7 Å². The van der Waals surface area contributed by atoms with E-state index in [-0.39, 0.29) is 12.6 Å². The first-order valence-electron chi connectivity index (χ1n) is 14.2. The van der Waals surface area contributed by atoms with E-state index >= 15 is 0 Å².